The maximum Gasteiger partial charge on any atom is 0.217 e. The lowest BCUT2D eigenvalue weighted by Gasteiger charge is -2.43. The van der Waals surface area contributed by atoms with Crippen molar-refractivity contribution in [1.82, 2.24) is 30.1 Å². The Hall–Kier alpha value is -4.26. The van der Waals surface area contributed by atoms with Crippen molar-refractivity contribution < 1.29 is 4.79 Å². The summed E-state index contributed by atoms with van der Waals surface area (Å²) in [5.74, 6) is 0.00732. The molecule has 34 heavy (non-hydrogen) atoms. The second-order valence-corrected chi connectivity index (χ2v) is 8.82. The molecule has 168 valence electrons. The van der Waals surface area contributed by atoms with Crippen molar-refractivity contribution in [3.63, 3.8) is 0 Å². The van der Waals surface area contributed by atoms with E-state index >= 15 is 0 Å². The lowest BCUT2D eigenvalue weighted by molar-refractivity contribution is -0.122. The van der Waals surface area contributed by atoms with E-state index < -0.39 is 0 Å². The van der Waals surface area contributed by atoms with E-state index in [-0.39, 0.29) is 11.4 Å². The van der Waals surface area contributed by atoms with Gasteiger partial charge in [0, 0.05) is 36.0 Å². The number of rotatable bonds is 5. The number of H-pyrrole nitrogens is 1. The highest BCUT2D eigenvalue weighted by atomic mass is 16.1. The fraction of sp³-hybridized carbons (Fsp3) is 0.185. The van der Waals surface area contributed by atoms with E-state index in [2.05, 4.69) is 57.0 Å². The highest BCUT2D eigenvalue weighted by Gasteiger charge is 2.39. The highest BCUT2D eigenvalue weighted by molar-refractivity contribution is 5.86. The van der Waals surface area contributed by atoms with Gasteiger partial charge in [-0.05, 0) is 37.0 Å². The first kappa shape index (κ1) is 20.4. The molecular formula is C27H24N6O. The third-order valence-electron chi connectivity index (χ3n) is 6.69. The maximum atomic E-state index is 11.8. The van der Waals surface area contributed by atoms with Crippen molar-refractivity contribution in [2.75, 3.05) is 0 Å². The van der Waals surface area contributed by atoms with Crippen LogP contribution in [0.25, 0.3) is 39.4 Å². The van der Waals surface area contributed by atoms with Crippen molar-refractivity contribution in [1.29, 1.82) is 0 Å². The van der Waals surface area contributed by atoms with Gasteiger partial charge >= 0.3 is 0 Å². The van der Waals surface area contributed by atoms with E-state index in [1.165, 1.54) is 0 Å². The van der Waals surface area contributed by atoms with E-state index in [1.807, 2.05) is 34.8 Å². The first-order valence-corrected chi connectivity index (χ1v) is 11.5. The Morgan fingerprint density at radius 3 is 2.41 bits per heavy atom. The standard InChI is InChI=1S/C27H24N6O/c1-18(34)31-27(14-5-15-27)21-10-8-19(9-11-21)24-25(20-6-3-2-4-7-20)33-26(30-24)22(12-17-29-33)23-13-16-28-32-23/h2-4,6-13,16-17H,5,14-15H2,1H3,(H,28,32)(H,31,34). The molecule has 0 atom stereocenters. The molecule has 2 aromatic carbocycles. The summed E-state index contributed by atoms with van der Waals surface area (Å²) in [6.07, 6.45) is 6.57. The van der Waals surface area contributed by atoms with Crippen LogP contribution in [-0.4, -0.2) is 30.7 Å². The number of benzene rings is 2. The Balaban J connectivity index is 1.52. The molecular weight excluding hydrogens is 424 g/mol. The zero-order valence-corrected chi connectivity index (χ0v) is 18.8. The van der Waals surface area contributed by atoms with Crippen molar-refractivity contribution in [3.8, 4) is 33.8 Å². The van der Waals surface area contributed by atoms with Crippen molar-refractivity contribution >= 4 is 11.6 Å². The van der Waals surface area contributed by atoms with E-state index in [4.69, 9.17) is 4.98 Å². The molecule has 5 aromatic rings. The third-order valence-corrected chi connectivity index (χ3v) is 6.69. The zero-order valence-electron chi connectivity index (χ0n) is 18.8. The van der Waals surface area contributed by atoms with Crippen LogP contribution >= 0.6 is 0 Å². The molecule has 7 nitrogen and oxygen atoms in total. The van der Waals surface area contributed by atoms with Crippen LogP contribution in [0.3, 0.4) is 0 Å². The third kappa shape index (κ3) is 3.28. The van der Waals surface area contributed by atoms with Crippen LogP contribution in [0.2, 0.25) is 0 Å². The highest BCUT2D eigenvalue weighted by Crippen LogP contribution is 2.42. The molecule has 0 bridgehead atoms. The van der Waals surface area contributed by atoms with Gasteiger partial charge in [0.25, 0.3) is 0 Å². The molecule has 1 fully saturated rings. The number of hydrogen-bond donors (Lipinski definition) is 2. The van der Waals surface area contributed by atoms with E-state index in [9.17, 15) is 4.79 Å². The molecule has 0 radical (unpaired) electrons. The summed E-state index contributed by atoms with van der Waals surface area (Å²) in [7, 11) is 0. The molecule has 1 saturated carbocycles. The number of carbonyl (C=O) groups is 1. The molecule has 1 aliphatic carbocycles. The zero-order chi connectivity index (χ0) is 23.1. The van der Waals surface area contributed by atoms with Gasteiger partial charge < -0.3 is 5.32 Å². The Bertz CT molecular complexity index is 1470. The number of nitrogens with zero attached hydrogens (tertiary/aromatic N) is 4. The number of nitrogens with one attached hydrogen (secondary N) is 2. The Kier molecular flexibility index (Phi) is 4.76. The second kappa shape index (κ2) is 7.95. The summed E-state index contributed by atoms with van der Waals surface area (Å²) in [5, 5.41) is 15.0. The van der Waals surface area contributed by atoms with Gasteiger partial charge in [0.15, 0.2) is 5.65 Å². The summed E-state index contributed by atoms with van der Waals surface area (Å²) < 4.78 is 1.90. The van der Waals surface area contributed by atoms with Crippen molar-refractivity contribution in [2.24, 2.45) is 0 Å². The molecule has 6 rings (SSSR count). The Morgan fingerprint density at radius 2 is 1.76 bits per heavy atom. The minimum Gasteiger partial charge on any atom is -0.347 e. The van der Waals surface area contributed by atoms with Gasteiger partial charge in [0.05, 0.1) is 16.9 Å². The molecule has 0 unspecified atom stereocenters. The fourth-order valence-electron chi connectivity index (χ4n) is 4.92. The fourth-order valence-corrected chi connectivity index (χ4v) is 4.92. The molecule has 0 spiro atoms. The first-order chi connectivity index (χ1) is 16.6. The van der Waals surface area contributed by atoms with Gasteiger partial charge in [-0.25, -0.2) is 9.50 Å². The predicted octanol–water partition coefficient (Wildman–Crippen LogP) is 4.97. The molecule has 0 saturated heterocycles. The first-order valence-electron chi connectivity index (χ1n) is 11.5. The number of imidazole rings is 1. The molecule has 7 heteroatoms. The van der Waals surface area contributed by atoms with Crippen LogP contribution in [-0.2, 0) is 10.3 Å². The largest absolute Gasteiger partial charge is 0.347 e. The minimum absolute atomic E-state index is 0.00732. The lowest BCUT2D eigenvalue weighted by Crippen LogP contribution is -2.50. The second-order valence-electron chi connectivity index (χ2n) is 8.82. The number of hydrogen-bond acceptors (Lipinski definition) is 4. The summed E-state index contributed by atoms with van der Waals surface area (Å²) in [4.78, 5) is 16.9. The van der Waals surface area contributed by atoms with E-state index in [0.29, 0.717) is 0 Å². The Morgan fingerprint density at radius 1 is 0.971 bits per heavy atom. The van der Waals surface area contributed by atoms with Gasteiger partial charge in [-0.2, -0.15) is 10.2 Å². The Labute approximate surface area is 196 Å². The van der Waals surface area contributed by atoms with Crippen LogP contribution in [0.15, 0.2) is 79.1 Å². The number of fused-ring (bicyclic) bond motifs is 1. The number of amides is 1. The minimum atomic E-state index is -0.249. The summed E-state index contributed by atoms with van der Waals surface area (Å²) >= 11 is 0. The van der Waals surface area contributed by atoms with Gasteiger partial charge in [-0.3, -0.25) is 9.89 Å². The van der Waals surface area contributed by atoms with Gasteiger partial charge in [0.2, 0.25) is 5.91 Å². The van der Waals surface area contributed by atoms with Crippen LogP contribution in [0.5, 0.6) is 0 Å². The van der Waals surface area contributed by atoms with E-state index in [0.717, 1.165) is 64.2 Å². The van der Waals surface area contributed by atoms with Gasteiger partial charge in [-0.15, -0.1) is 0 Å². The van der Waals surface area contributed by atoms with Crippen LogP contribution in [0, 0.1) is 0 Å². The van der Waals surface area contributed by atoms with Crippen molar-refractivity contribution in [3.05, 3.63) is 84.7 Å². The predicted molar refractivity (Wildman–Crippen MR) is 131 cm³/mol. The van der Waals surface area contributed by atoms with Gasteiger partial charge in [-0.1, -0.05) is 54.6 Å². The smallest absolute Gasteiger partial charge is 0.217 e. The molecule has 3 heterocycles. The molecule has 3 aromatic heterocycles. The summed E-state index contributed by atoms with van der Waals surface area (Å²) in [5.41, 5.74) is 7.31. The summed E-state index contributed by atoms with van der Waals surface area (Å²) in [6.45, 7) is 1.58. The lowest BCUT2D eigenvalue weighted by atomic mass is 9.71. The van der Waals surface area contributed by atoms with Crippen molar-refractivity contribution in [2.45, 2.75) is 31.7 Å². The normalized spacial score (nSPS) is 14.6. The maximum absolute atomic E-state index is 11.8. The number of aromatic amines is 1. The van der Waals surface area contributed by atoms with E-state index in [1.54, 1.807) is 19.3 Å². The summed E-state index contributed by atoms with van der Waals surface area (Å²) in [6, 6.07) is 22.5. The average Bonchev–Trinajstić information content (AvgIpc) is 3.50. The molecule has 2 N–H and O–H groups in total. The molecule has 1 aliphatic rings. The number of carbonyl (C=O) groups excluding carboxylic acids is 1. The topological polar surface area (TPSA) is 88.0 Å². The van der Waals surface area contributed by atoms with Crippen LogP contribution < -0.4 is 5.32 Å². The van der Waals surface area contributed by atoms with Gasteiger partial charge in [0.1, 0.15) is 5.69 Å². The van der Waals surface area contributed by atoms with Crippen LogP contribution in [0.1, 0.15) is 31.7 Å². The number of aromatic nitrogens is 5. The molecule has 1 amide bonds. The average molecular weight is 449 g/mol. The van der Waals surface area contributed by atoms with Crippen LogP contribution in [0.4, 0.5) is 0 Å². The SMILES string of the molecule is CC(=O)NC1(c2ccc(-c3nc4c(-c5ccn[nH]5)ccnn4c3-c3ccccc3)cc2)CCC1. The quantitative estimate of drug-likeness (QED) is 0.397. The monoisotopic (exact) mass is 448 g/mol. The molecule has 0 aliphatic heterocycles.